The number of rotatable bonds is 5. The number of halogens is 3. The van der Waals surface area contributed by atoms with E-state index in [-0.39, 0.29) is 11.2 Å². The Morgan fingerprint density at radius 1 is 1.47 bits per heavy atom. The van der Waals surface area contributed by atoms with E-state index >= 15 is 0 Å². The van der Waals surface area contributed by atoms with Crippen LogP contribution in [0, 0.1) is 5.41 Å². The molecule has 2 aliphatic carbocycles. The molecule has 1 heterocycles. The third-order valence-corrected chi connectivity index (χ3v) is 5.28. The number of carbonyl (C=O) groups is 1. The molecule has 5 heteroatoms. The van der Waals surface area contributed by atoms with Gasteiger partial charge in [-0.1, -0.05) is 6.07 Å². The molecule has 3 rings (SSSR count). The lowest BCUT2D eigenvalue weighted by molar-refractivity contribution is -0.116. The Bertz CT molecular complexity index is 532. The van der Waals surface area contributed by atoms with Gasteiger partial charge in [0.1, 0.15) is 4.60 Å². The van der Waals surface area contributed by atoms with Gasteiger partial charge in [-0.3, -0.25) is 4.79 Å². The zero-order chi connectivity index (χ0) is 13.6. The van der Waals surface area contributed by atoms with Crippen molar-refractivity contribution in [1.29, 1.82) is 0 Å². The van der Waals surface area contributed by atoms with Crippen LogP contribution in [0.5, 0.6) is 0 Å². The van der Waals surface area contributed by atoms with Gasteiger partial charge in [0.25, 0.3) is 0 Å². The summed E-state index contributed by atoms with van der Waals surface area (Å²) in [7, 11) is 0. The molecule has 0 radical (unpaired) electrons. The number of carbonyl (C=O) groups excluding carboxylic acids is 1. The smallest absolute Gasteiger partial charge is 0.228 e. The fourth-order valence-corrected chi connectivity index (χ4v) is 3.88. The van der Waals surface area contributed by atoms with Gasteiger partial charge in [0.2, 0.25) is 5.24 Å². The number of hydrogen-bond acceptors (Lipinski definition) is 2. The summed E-state index contributed by atoms with van der Waals surface area (Å²) >= 11 is 15.1. The van der Waals surface area contributed by atoms with Crippen molar-refractivity contribution in [3.05, 3.63) is 28.0 Å². The minimum Gasteiger partial charge on any atom is -0.281 e. The number of alkyl halides is 1. The van der Waals surface area contributed by atoms with Crippen LogP contribution in [0.2, 0.25) is 0 Å². The van der Waals surface area contributed by atoms with E-state index in [4.69, 9.17) is 23.2 Å². The van der Waals surface area contributed by atoms with E-state index in [1.54, 1.807) is 0 Å². The van der Waals surface area contributed by atoms with Crippen LogP contribution in [0.25, 0.3) is 0 Å². The molecule has 1 aromatic heterocycles. The summed E-state index contributed by atoms with van der Waals surface area (Å²) in [5, 5.41) is -0.247. The first-order chi connectivity index (χ1) is 9.08. The van der Waals surface area contributed by atoms with Gasteiger partial charge in [0.15, 0.2) is 0 Å². The predicted octanol–water partition coefficient (Wildman–Crippen LogP) is 4.59. The van der Waals surface area contributed by atoms with Gasteiger partial charge in [-0.05, 0) is 64.8 Å². The fraction of sp³-hybridized carbons (Fsp3) is 0.571. The van der Waals surface area contributed by atoms with Crippen molar-refractivity contribution in [2.75, 3.05) is 5.88 Å². The summed E-state index contributed by atoms with van der Waals surface area (Å²) in [5.41, 5.74) is 1.90. The average molecular weight is 363 g/mol. The van der Waals surface area contributed by atoms with Crippen molar-refractivity contribution in [2.24, 2.45) is 5.41 Å². The fourth-order valence-electron chi connectivity index (χ4n) is 2.91. The first-order valence-corrected chi connectivity index (χ1v) is 8.21. The Labute approximate surface area is 131 Å². The molecule has 2 aliphatic rings. The monoisotopic (exact) mass is 361 g/mol. The highest BCUT2D eigenvalue weighted by Crippen LogP contribution is 2.64. The third-order valence-electron chi connectivity index (χ3n) is 4.27. The highest BCUT2D eigenvalue weighted by atomic mass is 79.9. The van der Waals surface area contributed by atoms with Crippen LogP contribution in [-0.4, -0.2) is 16.1 Å². The molecule has 2 atom stereocenters. The number of aromatic nitrogens is 1. The van der Waals surface area contributed by atoms with Gasteiger partial charge >= 0.3 is 0 Å². The molecule has 0 amide bonds. The van der Waals surface area contributed by atoms with Crippen molar-refractivity contribution in [1.82, 2.24) is 4.98 Å². The van der Waals surface area contributed by atoms with Crippen molar-refractivity contribution >= 4 is 44.4 Å². The van der Waals surface area contributed by atoms with Crippen LogP contribution >= 0.6 is 39.1 Å². The highest BCUT2D eigenvalue weighted by molar-refractivity contribution is 9.10. The molecular formula is C14H14BrCl2NO. The molecule has 102 valence electrons. The third kappa shape index (κ3) is 2.45. The van der Waals surface area contributed by atoms with Crippen LogP contribution < -0.4 is 0 Å². The number of pyridine rings is 1. The molecule has 0 aliphatic heterocycles. The van der Waals surface area contributed by atoms with Gasteiger partial charge in [-0.15, -0.1) is 11.6 Å². The highest BCUT2D eigenvalue weighted by Gasteiger charge is 2.60. The molecular weight excluding hydrogens is 349 g/mol. The van der Waals surface area contributed by atoms with Crippen molar-refractivity contribution in [3.8, 4) is 0 Å². The molecule has 0 spiro atoms. The van der Waals surface area contributed by atoms with E-state index in [1.807, 2.05) is 6.07 Å². The van der Waals surface area contributed by atoms with E-state index in [1.165, 1.54) is 18.4 Å². The van der Waals surface area contributed by atoms with E-state index in [2.05, 4.69) is 27.0 Å². The van der Waals surface area contributed by atoms with Crippen LogP contribution in [-0.2, 0) is 4.79 Å². The largest absolute Gasteiger partial charge is 0.281 e. The Balaban J connectivity index is 1.93. The summed E-state index contributed by atoms with van der Waals surface area (Å²) in [6, 6.07) is 4.04. The average Bonchev–Trinajstić information content (AvgIpc) is 3.24. The first-order valence-electron chi connectivity index (χ1n) is 6.51. The lowest BCUT2D eigenvalue weighted by Crippen LogP contribution is -2.14. The van der Waals surface area contributed by atoms with Crippen molar-refractivity contribution in [2.45, 2.75) is 37.5 Å². The quantitative estimate of drug-likeness (QED) is 0.435. The Morgan fingerprint density at radius 2 is 2.21 bits per heavy atom. The predicted molar refractivity (Wildman–Crippen MR) is 79.9 cm³/mol. The molecule has 2 saturated carbocycles. The Kier molecular flexibility index (Phi) is 3.65. The molecule has 0 saturated heterocycles. The second kappa shape index (κ2) is 5.01. The van der Waals surface area contributed by atoms with Crippen molar-refractivity contribution < 1.29 is 4.79 Å². The first kappa shape index (κ1) is 13.8. The minimum absolute atomic E-state index is 0.201. The molecule has 1 aromatic rings. The van der Waals surface area contributed by atoms with Crippen LogP contribution in [0.4, 0.5) is 0 Å². The van der Waals surface area contributed by atoms with Gasteiger partial charge in [-0.25, -0.2) is 4.98 Å². The van der Waals surface area contributed by atoms with Crippen molar-refractivity contribution in [3.63, 3.8) is 0 Å². The van der Waals surface area contributed by atoms with Gasteiger partial charge in [0.05, 0.1) is 5.41 Å². The maximum Gasteiger partial charge on any atom is 0.228 e. The topological polar surface area (TPSA) is 30.0 Å². The Morgan fingerprint density at radius 3 is 2.79 bits per heavy atom. The normalized spacial score (nSPS) is 29.3. The van der Waals surface area contributed by atoms with Crippen LogP contribution in [0.1, 0.15) is 48.8 Å². The van der Waals surface area contributed by atoms with Gasteiger partial charge < -0.3 is 0 Å². The maximum atomic E-state index is 11.7. The summed E-state index contributed by atoms with van der Waals surface area (Å²) in [6.45, 7) is 0. The zero-order valence-corrected chi connectivity index (χ0v) is 13.4. The second-order valence-electron chi connectivity index (χ2n) is 5.51. The SMILES string of the molecule is O=C(Cl)[C@]1(CCCl)C[C@H]1c1ccc(Br)nc1C1CC1. The standard InChI is InChI=1S/C14H14BrCl2NO/c15-11-4-3-9(12(18-11)8-1-2-8)10-7-14(10,5-6-16)13(17)19/h3-4,8,10H,1-2,5-7H2/t10-,14+/m0/s1. The molecule has 0 unspecified atom stereocenters. The van der Waals surface area contributed by atoms with E-state index in [9.17, 15) is 4.79 Å². The maximum absolute atomic E-state index is 11.7. The summed E-state index contributed by atoms with van der Waals surface area (Å²) in [5.74, 6) is 1.23. The lowest BCUT2D eigenvalue weighted by atomic mass is 9.95. The van der Waals surface area contributed by atoms with Gasteiger partial charge in [-0.2, -0.15) is 0 Å². The number of hydrogen-bond donors (Lipinski definition) is 0. The van der Waals surface area contributed by atoms with E-state index in [0.29, 0.717) is 18.2 Å². The van der Waals surface area contributed by atoms with Gasteiger partial charge in [0, 0.05) is 23.4 Å². The Hall–Kier alpha value is -0.120. The minimum atomic E-state index is -0.442. The second-order valence-corrected chi connectivity index (χ2v) is 7.04. The van der Waals surface area contributed by atoms with E-state index < -0.39 is 5.41 Å². The molecule has 2 nitrogen and oxygen atoms in total. The molecule has 0 bridgehead atoms. The number of nitrogens with zero attached hydrogens (tertiary/aromatic N) is 1. The summed E-state index contributed by atoms with van der Waals surface area (Å²) in [4.78, 5) is 16.4. The van der Waals surface area contributed by atoms with Crippen LogP contribution in [0.3, 0.4) is 0 Å². The summed E-state index contributed by atoms with van der Waals surface area (Å²) in [6.07, 6.45) is 3.85. The summed E-state index contributed by atoms with van der Waals surface area (Å²) < 4.78 is 0.860. The molecule has 2 fully saturated rings. The molecule has 0 N–H and O–H groups in total. The molecule has 19 heavy (non-hydrogen) atoms. The lowest BCUT2D eigenvalue weighted by Gasteiger charge is -2.13. The zero-order valence-electron chi connectivity index (χ0n) is 10.3. The van der Waals surface area contributed by atoms with Crippen LogP contribution in [0.15, 0.2) is 16.7 Å². The van der Waals surface area contributed by atoms with E-state index in [0.717, 1.165) is 16.7 Å². The molecule has 0 aromatic carbocycles.